The summed E-state index contributed by atoms with van der Waals surface area (Å²) in [6, 6.07) is 4.16. The lowest BCUT2D eigenvalue weighted by molar-refractivity contribution is -0.145. The number of rotatable bonds is 4. The number of likely N-dealkylation sites (tertiary alicyclic amines) is 1. The Bertz CT molecular complexity index is 712. The summed E-state index contributed by atoms with van der Waals surface area (Å²) in [7, 11) is 1.66. The fourth-order valence-corrected chi connectivity index (χ4v) is 4.01. The lowest BCUT2D eigenvalue weighted by Gasteiger charge is -2.39. The minimum Gasteiger partial charge on any atom is -0.383 e. The topological polar surface area (TPSA) is 69.5 Å². The summed E-state index contributed by atoms with van der Waals surface area (Å²) in [4.78, 5) is 21.8. The zero-order valence-corrected chi connectivity index (χ0v) is 15.3. The molecule has 2 aliphatic heterocycles. The van der Waals surface area contributed by atoms with Gasteiger partial charge in [0.25, 0.3) is 0 Å². The Hall–Kier alpha value is -2.13. The van der Waals surface area contributed by atoms with Crippen molar-refractivity contribution >= 4 is 11.7 Å². The molecule has 0 radical (unpaired) electrons. The molecule has 0 bridgehead atoms. The monoisotopic (exact) mass is 342 g/mol. The first-order valence-electron chi connectivity index (χ1n) is 8.92. The summed E-state index contributed by atoms with van der Waals surface area (Å²) in [5.74, 6) is 0.963. The fraction of sp³-hybridized carbons (Fsp3) is 0.632. The van der Waals surface area contributed by atoms with Gasteiger partial charge in [0, 0.05) is 39.0 Å². The van der Waals surface area contributed by atoms with Gasteiger partial charge in [-0.25, -0.2) is 4.98 Å². The molecule has 1 unspecified atom stereocenters. The van der Waals surface area contributed by atoms with Gasteiger partial charge in [0.15, 0.2) is 0 Å². The van der Waals surface area contributed by atoms with Gasteiger partial charge >= 0.3 is 0 Å². The van der Waals surface area contributed by atoms with Crippen LogP contribution in [0.15, 0.2) is 6.07 Å². The molecule has 0 aromatic carbocycles. The van der Waals surface area contributed by atoms with Gasteiger partial charge in [-0.15, -0.1) is 0 Å². The molecule has 1 aromatic heterocycles. The van der Waals surface area contributed by atoms with Gasteiger partial charge < -0.3 is 14.5 Å². The van der Waals surface area contributed by atoms with Crippen LogP contribution in [-0.4, -0.2) is 55.7 Å². The molecular weight excluding hydrogens is 316 g/mol. The van der Waals surface area contributed by atoms with Gasteiger partial charge in [-0.2, -0.15) is 5.26 Å². The van der Waals surface area contributed by atoms with E-state index in [1.54, 1.807) is 7.11 Å². The summed E-state index contributed by atoms with van der Waals surface area (Å²) in [6.07, 6.45) is 2.77. The van der Waals surface area contributed by atoms with Crippen molar-refractivity contribution in [3.63, 3.8) is 0 Å². The maximum absolute atomic E-state index is 13.1. The predicted octanol–water partition coefficient (Wildman–Crippen LogP) is 2.04. The second-order valence-electron chi connectivity index (χ2n) is 7.21. The van der Waals surface area contributed by atoms with E-state index in [1.165, 1.54) is 0 Å². The number of piperidine rings is 1. The normalized spacial score (nSPS) is 23.4. The lowest BCUT2D eigenvalue weighted by Crippen LogP contribution is -2.51. The number of carbonyl (C=O) groups is 1. The SMILES string of the molecule is COCCN1CCCC2(CCN(c3nc(C)c(C)cc3C#N)C2)C1=O. The highest BCUT2D eigenvalue weighted by atomic mass is 16.5. The van der Waals surface area contributed by atoms with Crippen LogP contribution in [-0.2, 0) is 9.53 Å². The Labute approximate surface area is 149 Å². The average Bonchev–Trinajstić information content (AvgIpc) is 3.03. The summed E-state index contributed by atoms with van der Waals surface area (Å²) in [6.45, 7) is 7.40. The largest absolute Gasteiger partial charge is 0.383 e. The summed E-state index contributed by atoms with van der Waals surface area (Å²) in [5, 5.41) is 9.48. The quantitative estimate of drug-likeness (QED) is 0.837. The number of ether oxygens (including phenoxy) is 1. The standard InChI is InChI=1S/C19H26N4O2/c1-14-11-16(12-20)17(21-15(14)2)23-8-6-19(13-23)5-4-7-22(18(19)24)9-10-25-3/h11H,4-10,13H2,1-3H3. The van der Waals surface area contributed by atoms with Gasteiger partial charge in [-0.1, -0.05) is 0 Å². The van der Waals surface area contributed by atoms with E-state index in [-0.39, 0.29) is 11.3 Å². The van der Waals surface area contributed by atoms with Crippen molar-refractivity contribution in [1.82, 2.24) is 9.88 Å². The van der Waals surface area contributed by atoms with Crippen molar-refractivity contribution < 1.29 is 9.53 Å². The Morgan fingerprint density at radius 3 is 2.88 bits per heavy atom. The molecule has 1 aromatic rings. The van der Waals surface area contributed by atoms with Crippen LogP contribution < -0.4 is 4.90 Å². The molecule has 134 valence electrons. The molecule has 0 saturated carbocycles. The van der Waals surface area contributed by atoms with Crippen molar-refractivity contribution in [3.05, 3.63) is 22.9 Å². The number of aryl methyl sites for hydroxylation is 2. The lowest BCUT2D eigenvalue weighted by atomic mass is 9.78. The van der Waals surface area contributed by atoms with Crippen LogP contribution in [0.2, 0.25) is 0 Å². The zero-order valence-electron chi connectivity index (χ0n) is 15.3. The number of carbonyl (C=O) groups excluding carboxylic acids is 1. The highest BCUT2D eigenvalue weighted by Gasteiger charge is 2.48. The number of amides is 1. The van der Waals surface area contributed by atoms with Crippen molar-refractivity contribution in [2.75, 3.05) is 44.8 Å². The molecular formula is C19H26N4O2. The molecule has 1 atom stereocenters. The van der Waals surface area contributed by atoms with E-state index in [9.17, 15) is 10.1 Å². The van der Waals surface area contributed by atoms with Crippen LogP contribution in [0, 0.1) is 30.6 Å². The van der Waals surface area contributed by atoms with Crippen molar-refractivity contribution in [2.24, 2.45) is 5.41 Å². The van der Waals surface area contributed by atoms with E-state index in [1.807, 2.05) is 24.8 Å². The van der Waals surface area contributed by atoms with E-state index >= 15 is 0 Å². The third-order valence-electron chi connectivity index (χ3n) is 5.61. The molecule has 2 aliphatic rings. The van der Waals surface area contributed by atoms with Gasteiger partial charge in [0.05, 0.1) is 17.6 Å². The van der Waals surface area contributed by atoms with Crippen molar-refractivity contribution in [2.45, 2.75) is 33.1 Å². The zero-order chi connectivity index (χ0) is 18.0. The van der Waals surface area contributed by atoms with Gasteiger partial charge in [-0.05, 0) is 44.7 Å². The first-order chi connectivity index (χ1) is 12.0. The summed E-state index contributed by atoms with van der Waals surface area (Å²) in [5.41, 5.74) is 2.22. The second kappa shape index (κ2) is 7.01. The molecule has 1 amide bonds. The number of nitrogens with zero attached hydrogens (tertiary/aromatic N) is 4. The molecule has 3 heterocycles. The molecule has 3 rings (SSSR count). The van der Waals surface area contributed by atoms with Gasteiger partial charge in [0.2, 0.25) is 5.91 Å². The molecule has 6 heteroatoms. The smallest absolute Gasteiger partial charge is 0.230 e. The Balaban J connectivity index is 1.83. The molecule has 6 nitrogen and oxygen atoms in total. The summed E-state index contributed by atoms with van der Waals surface area (Å²) < 4.78 is 5.14. The van der Waals surface area contributed by atoms with Gasteiger partial charge in [0.1, 0.15) is 11.9 Å². The number of methoxy groups -OCH3 is 1. The number of anilines is 1. The van der Waals surface area contributed by atoms with E-state index in [2.05, 4.69) is 16.0 Å². The minimum atomic E-state index is -0.334. The first kappa shape index (κ1) is 17.7. The fourth-order valence-electron chi connectivity index (χ4n) is 4.01. The van der Waals surface area contributed by atoms with Crippen LogP contribution in [0.25, 0.3) is 0 Å². The minimum absolute atomic E-state index is 0.237. The second-order valence-corrected chi connectivity index (χ2v) is 7.21. The van der Waals surface area contributed by atoms with Crippen molar-refractivity contribution in [3.8, 4) is 6.07 Å². The molecule has 2 saturated heterocycles. The number of aromatic nitrogens is 1. The average molecular weight is 342 g/mol. The van der Waals surface area contributed by atoms with E-state index < -0.39 is 0 Å². The third-order valence-corrected chi connectivity index (χ3v) is 5.61. The number of nitriles is 1. The van der Waals surface area contributed by atoms with Crippen LogP contribution in [0.5, 0.6) is 0 Å². The number of hydrogen-bond acceptors (Lipinski definition) is 5. The molecule has 0 N–H and O–H groups in total. The van der Waals surface area contributed by atoms with Crippen molar-refractivity contribution in [1.29, 1.82) is 5.26 Å². The Morgan fingerprint density at radius 2 is 2.16 bits per heavy atom. The third kappa shape index (κ3) is 3.21. The van der Waals surface area contributed by atoms with Crippen LogP contribution in [0.3, 0.4) is 0 Å². The number of hydrogen-bond donors (Lipinski definition) is 0. The highest BCUT2D eigenvalue weighted by Crippen LogP contribution is 2.41. The Morgan fingerprint density at radius 1 is 1.36 bits per heavy atom. The highest BCUT2D eigenvalue weighted by molar-refractivity contribution is 5.85. The van der Waals surface area contributed by atoms with Gasteiger partial charge in [-0.3, -0.25) is 4.79 Å². The molecule has 1 spiro atoms. The first-order valence-corrected chi connectivity index (χ1v) is 8.92. The van der Waals surface area contributed by atoms with E-state index in [0.29, 0.717) is 25.3 Å². The molecule has 0 aliphatic carbocycles. The van der Waals surface area contributed by atoms with E-state index in [0.717, 1.165) is 49.4 Å². The van der Waals surface area contributed by atoms with Crippen LogP contribution >= 0.6 is 0 Å². The van der Waals surface area contributed by atoms with Crippen LogP contribution in [0.1, 0.15) is 36.1 Å². The molecule has 2 fully saturated rings. The van der Waals surface area contributed by atoms with E-state index in [4.69, 9.17) is 4.74 Å². The molecule has 25 heavy (non-hydrogen) atoms. The predicted molar refractivity (Wildman–Crippen MR) is 95.4 cm³/mol. The van der Waals surface area contributed by atoms with Crippen LogP contribution in [0.4, 0.5) is 5.82 Å². The maximum atomic E-state index is 13.1. The Kier molecular flexibility index (Phi) is 4.96. The number of pyridine rings is 1. The summed E-state index contributed by atoms with van der Waals surface area (Å²) >= 11 is 0. The maximum Gasteiger partial charge on any atom is 0.230 e.